The third kappa shape index (κ3) is 0.335. The smallest absolute Gasteiger partial charge is 0.205 e. The van der Waals surface area contributed by atoms with Gasteiger partial charge in [-0.15, -0.1) is 0 Å². The average Bonchev–Trinajstić information content (AvgIpc) is 2.39. The van der Waals surface area contributed by atoms with E-state index in [1.165, 1.54) is 0 Å². The molecule has 2 saturated carbocycles. The molecule has 1 atom stereocenters. The van der Waals surface area contributed by atoms with Crippen LogP contribution >= 0.6 is 0 Å². The summed E-state index contributed by atoms with van der Waals surface area (Å²) < 4.78 is 0. The molecule has 0 aliphatic heterocycles. The van der Waals surface area contributed by atoms with Crippen LogP contribution in [0.15, 0.2) is 0 Å². The van der Waals surface area contributed by atoms with Gasteiger partial charge in [0.1, 0.15) is 0 Å². The normalized spacial score (nSPS) is 35.8. The summed E-state index contributed by atoms with van der Waals surface area (Å²) in [4.78, 5) is 21.0. The average molecular weight is 109 g/mol. The van der Waals surface area contributed by atoms with Crippen molar-refractivity contribution in [2.24, 2.45) is 5.92 Å². The van der Waals surface area contributed by atoms with Crippen LogP contribution in [-0.4, -0.2) is 11.6 Å². The van der Waals surface area contributed by atoms with Gasteiger partial charge >= 0.3 is 0 Å². The Morgan fingerprint density at radius 1 is 1.25 bits per heavy atom. The number of fused-ring (bicyclic) bond motifs is 1. The lowest BCUT2D eigenvalue weighted by atomic mass is 10.2. The minimum atomic E-state index is -0.185. The second kappa shape index (κ2) is 1.02. The lowest BCUT2D eigenvalue weighted by Crippen LogP contribution is -2.07. The van der Waals surface area contributed by atoms with Crippen molar-refractivity contribution in [3.05, 3.63) is 5.92 Å². The van der Waals surface area contributed by atoms with Gasteiger partial charge in [-0.25, -0.2) is 0 Å². The van der Waals surface area contributed by atoms with E-state index in [2.05, 4.69) is 0 Å². The van der Waals surface area contributed by atoms with Crippen LogP contribution in [0.1, 0.15) is 12.8 Å². The molecule has 2 heteroatoms. The van der Waals surface area contributed by atoms with E-state index in [1.807, 2.05) is 0 Å². The molecule has 0 heterocycles. The van der Waals surface area contributed by atoms with Crippen molar-refractivity contribution in [3.8, 4) is 0 Å². The summed E-state index contributed by atoms with van der Waals surface area (Å²) in [7, 11) is 0. The summed E-state index contributed by atoms with van der Waals surface area (Å²) in [5, 5.41) is 0. The summed E-state index contributed by atoms with van der Waals surface area (Å²) in [5.41, 5.74) is 0. The number of ketones is 2. The molecular formula is C6H5O2. The fourth-order valence-electron chi connectivity index (χ4n) is 1.18. The van der Waals surface area contributed by atoms with Crippen molar-refractivity contribution in [2.75, 3.05) is 0 Å². The van der Waals surface area contributed by atoms with Gasteiger partial charge in [0, 0.05) is 6.42 Å². The Balaban J connectivity index is 2.31. The van der Waals surface area contributed by atoms with E-state index >= 15 is 0 Å². The van der Waals surface area contributed by atoms with Crippen molar-refractivity contribution in [3.63, 3.8) is 0 Å². The number of Topliss-reactive ketones (excluding diaryl/α,β-unsaturated/α-hetero) is 2. The monoisotopic (exact) mass is 109 g/mol. The molecule has 0 spiro atoms. The van der Waals surface area contributed by atoms with Crippen molar-refractivity contribution in [1.82, 2.24) is 0 Å². The molecule has 41 valence electrons. The SMILES string of the molecule is O=C1CC2C[C]2C1=O. The summed E-state index contributed by atoms with van der Waals surface area (Å²) in [5.74, 6) is 0.913. The zero-order chi connectivity index (χ0) is 5.72. The highest BCUT2D eigenvalue weighted by molar-refractivity contribution is 6.46. The van der Waals surface area contributed by atoms with Crippen LogP contribution in [0.5, 0.6) is 0 Å². The fraction of sp³-hybridized carbons (Fsp3) is 0.500. The zero-order valence-corrected chi connectivity index (χ0v) is 4.31. The summed E-state index contributed by atoms with van der Waals surface area (Å²) in [6.45, 7) is 0. The molecule has 0 aromatic rings. The lowest BCUT2D eigenvalue weighted by molar-refractivity contribution is -0.133. The second-order valence-electron chi connectivity index (χ2n) is 2.38. The second-order valence-corrected chi connectivity index (χ2v) is 2.38. The minimum absolute atomic E-state index is 0.170. The molecule has 2 aliphatic carbocycles. The van der Waals surface area contributed by atoms with E-state index in [-0.39, 0.29) is 11.6 Å². The molecule has 0 N–H and O–H groups in total. The predicted octanol–water partition coefficient (Wildman–Crippen LogP) is 0.123. The fourth-order valence-corrected chi connectivity index (χ4v) is 1.18. The molecule has 0 aromatic heterocycles. The van der Waals surface area contributed by atoms with Crippen LogP contribution in [0.3, 0.4) is 0 Å². The van der Waals surface area contributed by atoms with Crippen LogP contribution in [-0.2, 0) is 9.59 Å². The van der Waals surface area contributed by atoms with E-state index in [0.29, 0.717) is 12.3 Å². The first-order valence-electron chi connectivity index (χ1n) is 2.72. The summed E-state index contributed by atoms with van der Waals surface area (Å²) >= 11 is 0. The van der Waals surface area contributed by atoms with Gasteiger partial charge in [0.15, 0.2) is 5.78 Å². The molecule has 2 aliphatic rings. The summed E-state index contributed by atoms with van der Waals surface area (Å²) in [6, 6.07) is 0. The van der Waals surface area contributed by atoms with E-state index < -0.39 is 0 Å². The third-order valence-corrected chi connectivity index (χ3v) is 1.78. The molecule has 2 rings (SSSR count). The lowest BCUT2D eigenvalue weighted by Gasteiger charge is -1.82. The first-order valence-corrected chi connectivity index (χ1v) is 2.72. The maximum absolute atomic E-state index is 10.6. The van der Waals surface area contributed by atoms with Gasteiger partial charge in [0.25, 0.3) is 0 Å². The Morgan fingerprint density at radius 2 is 2.00 bits per heavy atom. The summed E-state index contributed by atoms with van der Waals surface area (Å²) in [6.07, 6.45) is 1.42. The molecule has 2 nitrogen and oxygen atoms in total. The Hall–Kier alpha value is -0.660. The molecule has 0 saturated heterocycles. The predicted molar refractivity (Wildman–Crippen MR) is 26.0 cm³/mol. The van der Waals surface area contributed by atoms with Crippen LogP contribution in [0.4, 0.5) is 0 Å². The van der Waals surface area contributed by atoms with E-state index in [1.54, 1.807) is 0 Å². The molecule has 0 amide bonds. The Morgan fingerprint density at radius 3 is 2.25 bits per heavy atom. The minimum Gasteiger partial charge on any atom is -0.291 e. The van der Waals surface area contributed by atoms with E-state index in [0.717, 1.165) is 12.3 Å². The van der Waals surface area contributed by atoms with Gasteiger partial charge in [0.05, 0.1) is 5.92 Å². The molecule has 2 fully saturated rings. The largest absolute Gasteiger partial charge is 0.291 e. The molecule has 1 unspecified atom stereocenters. The quantitative estimate of drug-likeness (QED) is 0.414. The third-order valence-electron chi connectivity index (χ3n) is 1.78. The maximum Gasteiger partial charge on any atom is 0.205 e. The Kier molecular flexibility index (Phi) is 0.539. The molecule has 1 radical (unpaired) electrons. The van der Waals surface area contributed by atoms with Crippen LogP contribution < -0.4 is 0 Å². The maximum atomic E-state index is 10.6. The van der Waals surface area contributed by atoms with Gasteiger partial charge in [-0.1, -0.05) is 0 Å². The molecule has 0 bridgehead atoms. The number of hydrogen-bond donors (Lipinski definition) is 0. The first-order chi connectivity index (χ1) is 3.79. The van der Waals surface area contributed by atoms with Crippen LogP contribution in [0, 0.1) is 11.8 Å². The Labute approximate surface area is 46.9 Å². The molecule has 8 heavy (non-hydrogen) atoms. The standard InChI is InChI=1S/C6H5O2/c7-5-2-3-1-4(3)6(5)8/h3H,1-2H2. The number of rotatable bonds is 0. The number of carbonyl (C=O) groups excluding carboxylic acids is 2. The highest BCUT2D eigenvalue weighted by Crippen LogP contribution is 2.49. The van der Waals surface area contributed by atoms with E-state index in [9.17, 15) is 9.59 Å². The molecular weight excluding hydrogens is 104 g/mol. The van der Waals surface area contributed by atoms with Gasteiger partial charge in [-0.3, -0.25) is 9.59 Å². The first kappa shape index (κ1) is 4.24. The Bertz CT molecular complexity index is 171. The highest BCUT2D eigenvalue weighted by atomic mass is 16.2. The van der Waals surface area contributed by atoms with Crippen molar-refractivity contribution in [2.45, 2.75) is 12.8 Å². The highest BCUT2D eigenvalue weighted by Gasteiger charge is 2.53. The van der Waals surface area contributed by atoms with Crippen molar-refractivity contribution in [1.29, 1.82) is 0 Å². The van der Waals surface area contributed by atoms with E-state index in [4.69, 9.17) is 0 Å². The van der Waals surface area contributed by atoms with Gasteiger partial charge in [0.2, 0.25) is 5.78 Å². The number of hydrogen-bond acceptors (Lipinski definition) is 2. The van der Waals surface area contributed by atoms with Gasteiger partial charge in [-0.2, -0.15) is 0 Å². The van der Waals surface area contributed by atoms with Crippen molar-refractivity contribution < 1.29 is 9.59 Å². The van der Waals surface area contributed by atoms with Gasteiger partial charge in [-0.05, 0) is 12.3 Å². The molecule has 0 aromatic carbocycles. The topological polar surface area (TPSA) is 34.1 Å². The number of carbonyl (C=O) groups is 2. The zero-order valence-electron chi connectivity index (χ0n) is 4.31. The van der Waals surface area contributed by atoms with Crippen LogP contribution in [0.25, 0.3) is 0 Å². The van der Waals surface area contributed by atoms with Crippen LogP contribution in [0.2, 0.25) is 0 Å². The van der Waals surface area contributed by atoms with Gasteiger partial charge < -0.3 is 0 Å². The van der Waals surface area contributed by atoms with Crippen molar-refractivity contribution >= 4 is 11.6 Å².